The number of aromatic nitrogens is 2. The number of nitrogen functional groups attached to an aromatic ring is 1. The molecule has 0 bridgehead atoms. The van der Waals surface area contributed by atoms with Gasteiger partial charge < -0.3 is 10.7 Å². The Bertz CT molecular complexity index is 623. The number of rotatable bonds is 6. The van der Waals surface area contributed by atoms with Gasteiger partial charge in [-0.2, -0.15) is 0 Å². The van der Waals surface area contributed by atoms with E-state index in [4.69, 9.17) is 5.73 Å². The van der Waals surface area contributed by atoms with Crippen LogP contribution in [0.1, 0.15) is 11.4 Å². The molecule has 0 aliphatic carbocycles. The van der Waals surface area contributed by atoms with E-state index in [2.05, 4.69) is 14.7 Å². The van der Waals surface area contributed by atoms with Crippen LogP contribution < -0.4 is 10.5 Å². The van der Waals surface area contributed by atoms with E-state index in [1.807, 2.05) is 0 Å². The van der Waals surface area contributed by atoms with Gasteiger partial charge in [-0.05, 0) is 17.7 Å². The van der Waals surface area contributed by atoms with Gasteiger partial charge >= 0.3 is 0 Å². The number of sulfonamides is 1. The van der Waals surface area contributed by atoms with Crippen LogP contribution in [-0.2, 0) is 22.2 Å². The van der Waals surface area contributed by atoms with E-state index < -0.39 is 10.0 Å². The fourth-order valence-electron chi connectivity index (χ4n) is 1.71. The average molecular weight is 280 g/mol. The molecule has 2 rings (SSSR count). The maximum Gasteiger partial charge on any atom is 0.215 e. The number of nitrogens with zero attached hydrogens (tertiary/aromatic N) is 1. The Morgan fingerprint density at radius 2 is 2.21 bits per heavy atom. The first kappa shape index (κ1) is 13.6. The van der Waals surface area contributed by atoms with Crippen LogP contribution in [0, 0.1) is 0 Å². The molecule has 0 saturated carbocycles. The molecule has 0 atom stereocenters. The maximum absolute atomic E-state index is 11.9. The predicted octanol–water partition coefficient (Wildman–Crippen LogP) is 0.654. The van der Waals surface area contributed by atoms with Crippen LogP contribution in [0.3, 0.4) is 0 Å². The number of nitrogens with two attached hydrogens (primary N) is 1. The van der Waals surface area contributed by atoms with Crippen LogP contribution in [0.2, 0.25) is 0 Å². The number of anilines is 1. The molecule has 19 heavy (non-hydrogen) atoms. The summed E-state index contributed by atoms with van der Waals surface area (Å²) in [6.07, 6.45) is 3.87. The van der Waals surface area contributed by atoms with Gasteiger partial charge in [0.1, 0.15) is 5.82 Å². The lowest BCUT2D eigenvalue weighted by molar-refractivity contribution is 0.580. The van der Waals surface area contributed by atoms with Gasteiger partial charge in [0.15, 0.2) is 0 Å². The van der Waals surface area contributed by atoms with Gasteiger partial charge in [-0.3, -0.25) is 0 Å². The molecule has 102 valence electrons. The molecule has 0 spiro atoms. The number of nitrogens with one attached hydrogen (secondary N) is 2. The smallest absolute Gasteiger partial charge is 0.215 e. The van der Waals surface area contributed by atoms with E-state index >= 15 is 0 Å². The molecule has 7 heteroatoms. The fraction of sp³-hybridized carbons (Fsp3) is 0.250. The number of H-pyrrole nitrogens is 1. The number of imidazole rings is 1. The number of hydrogen-bond acceptors (Lipinski definition) is 4. The van der Waals surface area contributed by atoms with Crippen molar-refractivity contribution in [3.8, 4) is 0 Å². The lowest BCUT2D eigenvalue weighted by Crippen LogP contribution is -2.27. The normalized spacial score (nSPS) is 11.6. The standard InChI is InChI=1S/C12H16N4O2S/c13-11-3-1-2-10(8-11)9-19(17,18)16-5-4-12-14-6-7-15-12/h1-3,6-8,16H,4-5,9,13H2,(H,14,15). The van der Waals surface area contributed by atoms with Gasteiger partial charge in [0.2, 0.25) is 10.0 Å². The molecule has 6 nitrogen and oxygen atoms in total. The highest BCUT2D eigenvalue weighted by Gasteiger charge is 2.11. The third-order valence-corrected chi connectivity index (χ3v) is 3.90. The second kappa shape index (κ2) is 5.85. The summed E-state index contributed by atoms with van der Waals surface area (Å²) in [7, 11) is -3.35. The van der Waals surface area contributed by atoms with Crippen LogP contribution in [0.4, 0.5) is 5.69 Å². The highest BCUT2D eigenvalue weighted by molar-refractivity contribution is 7.88. The Hall–Kier alpha value is -1.86. The van der Waals surface area contributed by atoms with Crippen LogP contribution >= 0.6 is 0 Å². The monoisotopic (exact) mass is 280 g/mol. The van der Waals surface area contributed by atoms with Crippen molar-refractivity contribution in [2.45, 2.75) is 12.2 Å². The average Bonchev–Trinajstić information content (AvgIpc) is 2.81. The second-order valence-electron chi connectivity index (χ2n) is 4.18. The topological polar surface area (TPSA) is 101 Å². The van der Waals surface area contributed by atoms with Crippen LogP contribution in [0.25, 0.3) is 0 Å². The highest BCUT2D eigenvalue weighted by Crippen LogP contribution is 2.09. The van der Waals surface area contributed by atoms with Gasteiger partial charge in [-0.25, -0.2) is 18.1 Å². The van der Waals surface area contributed by atoms with Crippen molar-refractivity contribution < 1.29 is 8.42 Å². The first-order valence-corrected chi connectivity index (χ1v) is 7.50. The van der Waals surface area contributed by atoms with Crippen molar-refractivity contribution in [3.63, 3.8) is 0 Å². The van der Waals surface area contributed by atoms with Gasteiger partial charge in [0, 0.05) is 31.0 Å². The molecule has 1 aromatic heterocycles. The summed E-state index contributed by atoms with van der Waals surface area (Å²) in [4.78, 5) is 6.94. The van der Waals surface area contributed by atoms with Gasteiger partial charge in [0.05, 0.1) is 5.75 Å². The number of hydrogen-bond donors (Lipinski definition) is 3. The summed E-state index contributed by atoms with van der Waals surface area (Å²) in [5.74, 6) is 0.683. The minimum absolute atomic E-state index is 0.0732. The van der Waals surface area contributed by atoms with Crippen LogP contribution in [0.15, 0.2) is 36.7 Å². The fourth-order valence-corrected chi connectivity index (χ4v) is 2.85. The zero-order chi connectivity index (χ0) is 13.7. The van der Waals surface area contributed by atoms with Crippen LogP contribution in [0.5, 0.6) is 0 Å². The van der Waals surface area contributed by atoms with E-state index in [0.717, 1.165) is 5.82 Å². The zero-order valence-corrected chi connectivity index (χ0v) is 11.2. The third kappa shape index (κ3) is 4.38. The van der Waals surface area contributed by atoms with Gasteiger partial charge in [0.25, 0.3) is 0 Å². The third-order valence-electron chi connectivity index (χ3n) is 2.55. The molecule has 0 unspecified atom stereocenters. The maximum atomic E-state index is 11.9. The summed E-state index contributed by atoms with van der Waals surface area (Å²) in [6, 6.07) is 6.86. The van der Waals surface area contributed by atoms with Crippen LogP contribution in [-0.4, -0.2) is 24.9 Å². The van der Waals surface area contributed by atoms with E-state index in [-0.39, 0.29) is 5.75 Å². The predicted molar refractivity (Wildman–Crippen MR) is 73.8 cm³/mol. The molecule has 1 heterocycles. The zero-order valence-electron chi connectivity index (χ0n) is 10.3. The minimum atomic E-state index is -3.35. The number of aromatic amines is 1. The molecule has 0 aliphatic heterocycles. The van der Waals surface area contributed by atoms with Crippen molar-refractivity contribution in [2.24, 2.45) is 0 Å². The summed E-state index contributed by atoms with van der Waals surface area (Å²) in [6.45, 7) is 0.318. The highest BCUT2D eigenvalue weighted by atomic mass is 32.2. The van der Waals surface area contributed by atoms with E-state index in [0.29, 0.717) is 24.2 Å². The molecule has 0 radical (unpaired) electrons. The summed E-state index contributed by atoms with van der Waals surface area (Å²) < 4.78 is 26.3. The Labute approximate surface area is 112 Å². The Morgan fingerprint density at radius 1 is 1.37 bits per heavy atom. The molecule has 0 amide bonds. The van der Waals surface area contributed by atoms with Crippen molar-refractivity contribution in [1.29, 1.82) is 0 Å². The first-order valence-electron chi connectivity index (χ1n) is 5.85. The molecule has 0 aliphatic rings. The van der Waals surface area contributed by atoms with E-state index in [1.165, 1.54) is 0 Å². The van der Waals surface area contributed by atoms with Crippen molar-refractivity contribution >= 4 is 15.7 Å². The lowest BCUT2D eigenvalue weighted by Gasteiger charge is -2.06. The summed E-state index contributed by atoms with van der Waals surface area (Å²) in [5, 5.41) is 0. The minimum Gasteiger partial charge on any atom is -0.399 e. The van der Waals surface area contributed by atoms with Crippen molar-refractivity contribution in [1.82, 2.24) is 14.7 Å². The number of benzene rings is 1. The SMILES string of the molecule is Nc1cccc(CS(=O)(=O)NCCc2ncc[nH]2)c1. The largest absolute Gasteiger partial charge is 0.399 e. The molecular formula is C12H16N4O2S. The van der Waals surface area contributed by atoms with Gasteiger partial charge in [-0.1, -0.05) is 12.1 Å². The molecule has 0 saturated heterocycles. The first-order chi connectivity index (χ1) is 9.05. The quantitative estimate of drug-likeness (QED) is 0.676. The lowest BCUT2D eigenvalue weighted by atomic mass is 10.2. The molecule has 1 aromatic carbocycles. The Morgan fingerprint density at radius 3 is 2.89 bits per heavy atom. The molecular weight excluding hydrogens is 264 g/mol. The summed E-state index contributed by atoms with van der Waals surface area (Å²) in [5.41, 5.74) is 6.84. The molecule has 0 fully saturated rings. The Kier molecular flexibility index (Phi) is 4.18. The van der Waals surface area contributed by atoms with Gasteiger partial charge in [-0.15, -0.1) is 0 Å². The Balaban J connectivity index is 1.88. The molecule has 4 N–H and O–H groups in total. The molecule has 2 aromatic rings. The second-order valence-corrected chi connectivity index (χ2v) is 5.99. The van der Waals surface area contributed by atoms with E-state index in [1.54, 1.807) is 36.7 Å². The summed E-state index contributed by atoms with van der Waals surface area (Å²) >= 11 is 0. The van der Waals surface area contributed by atoms with Crippen molar-refractivity contribution in [2.75, 3.05) is 12.3 Å². The van der Waals surface area contributed by atoms with Crippen molar-refractivity contribution in [3.05, 3.63) is 48.0 Å². The van der Waals surface area contributed by atoms with E-state index in [9.17, 15) is 8.42 Å².